The van der Waals surface area contributed by atoms with Gasteiger partial charge in [-0.25, -0.2) is 0 Å². The highest BCUT2D eigenvalue weighted by molar-refractivity contribution is 7.10. The second kappa shape index (κ2) is 5.37. The number of ether oxygens (including phenoxy) is 1. The Bertz CT molecular complexity index is 449. The van der Waals surface area contributed by atoms with Crippen molar-refractivity contribution in [2.45, 2.75) is 59.0 Å². The van der Waals surface area contributed by atoms with Crippen LogP contribution in [0.2, 0.25) is 0 Å². The van der Waals surface area contributed by atoms with Crippen molar-refractivity contribution < 1.29 is 9.53 Å². The molecule has 1 fully saturated rings. The average molecular weight is 280 g/mol. The third-order valence-corrected chi connectivity index (χ3v) is 5.19. The molecule has 106 valence electrons. The molecule has 3 heteroatoms. The Labute approximate surface area is 120 Å². The van der Waals surface area contributed by atoms with Crippen LogP contribution in [0, 0.1) is 12.3 Å². The average Bonchev–Trinajstić information content (AvgIpc) is 2.78. The van der Waals surface area contributed by atoms with E-state index in [9.17, 15) is 4.79 Å². The summed E-state index contributed by atoms with van der Waals surface area (Å²) in [4.78, 5) is 14.0. The van der Waals surface area contributed by atoms with Crippen molar-refractivity contribution in [2.75, 3.05) is 6.61 Å². The maximum absolute atomic E-state index is 12.9. The van der Waals surface area contributed by atoms with Gasteiger partial charge in [-0.3, -0.25) is 4.79 Å². The number of ketones is 1. The van der Waals surface area contributed by atoms with Gasteiger partial charge in [-0.15, -0.1) is 11.3 Å². The predicted molar refractivity (Wildman–Crippen MR) is 80.0 cm³/mol. The van der Waals surface area contributed by atoms with Crippen LogP contribution >= 0.6 is 11.3 Å². The highest BCUT2D eigenvalue weighted by atomic mass is 32.1. The molecule has 2 rings (SSSR count). The van der Waals surface area contributed by atoms with Crippen LogP contribution in [0.5, 0.6) is 0 Å². The first-order chi connectivity index (χ1) is 8.90. The zero-order valence-corrected chi connectivity index (χ0v) is 13.2. The summed E-state index contributed by atoms with van der Waals surface area (Å²) in [6, 6.07) is 1.95. The van der Waals surface area contributed by atoms with E-state index >= 15 is 0 Å². The van der Waals surface area contributed by atoms with E-state index in [1.54, 1.807) is 11.3 Å². The largest absolute Gasteiger partial charge is 0.367 e. The molecular formula is C16H24O2S. The van der Waals surface area contributed by atoms with Crippen LogP contribution in [0.1, 0.15) is 61.7 Å². The van der Waals surface area contributed by atoms with Crippen LogP contribution in [-0.2, 0) is 4.74 Å². The lowest BCUT2D eigenvalue weighted by atomic mass is 9.68. The van der Waals surface area contributed by atoms with Gasteiger partial charge in [0.2, 0.25) is 0 Å². The van der Waals surface area contributed by atoms with Gasteiger partial charge in [0, 0.05) is 17.0 Å². The van der Waals surface area contributed by atoms with Gasteiger partial charge >= 0.3 is 0 Å². The lowest BCUT2D eigenvalue weighted by molar-refractivity contribution is -0.0580. The Balaban J connectivity index is 2.26. The standard InChI is InChI=1S/C16H24O2S/c1-5-18-16(9-7-15(3,4)8-10-16)14(17)13-6-11-19-12(13)2/h6,11H,5,7-10H2,1-4H3. The number of carbonyl (C=O) groups excluding carboxylic acids is 1. The molecule has 0 amide bonds. The summed E-state index contributed by atoms with van der Waals surface area (Å²) >= 11 is 1.64. The van der Waals surface area contributed by atoms with E-state index in [0.717, 1.165) is 36.1 Å². The fourth-order valence-corrected chi connectivity index (χ4v) is 3.61. The summed E-state index contributed by atoms with van der Waals surface area (Å²) in [5.41, 5.74) is 0.624. The Hall–Kier alpha value is -0.670. The molecule has 0 aromatic carbocycles. The number of aryl methyl sites for hydroxylation is 1. The van der Waals surface area contributed by atoms with E-state index in [2.05, 4.69) is 13.8 Å². The number of thiophene rings is 1. The molecule has 1 aromatic heterocycles. The van der Waals surface area contributed by atoms with E-state index in [-0.39, 0.29) is 5.78 Å². The van der Waals surface area contributed by atoms with E-state index in [1.165, 1.54) is 0 Å². The predicted octanol–water partition coefficient (Wildman–Crippen LogP) is 4.61. The molecule has 1 heterocycles. The quantitative estimate of drug-likeness (QED) is 0.753. The Morgan fingerprint density at radius 2 is 1.95 bits per heavy atom. The molecule has 0 radical (unpaired) electrons. The first-order valence-electron chi connectivity index (χ1n) is 7.13. The van der Waals surface area contributed by atoms with Crippen molar-refractivity contribution in [3.05, 3.63) is 21.9 Å². The fraction of sp³-hybridized carbons (Fsp3) is 0.688. The van der Waals surface area contributed by atoms with Gasteiger partial charge in [0.05, 0.1) is 0 Å². The molecule has 19 heavy (non-hydrogen) atoms. The highest BCUT2D eigenvalue weighted by Crippen LogP contribution is 2.44. The number of Topliss-reactive ketones (excluding diaryl/α,β-unsaturated/α-hetero) is 1. The second-order valence-corrected chi connectivity index (χ2v) is 7.43. The SMILES string of the molecule is CCOC1(C(=O)c2ccsc2C)CCC(C)(C)CC1. The molecular weight excluding hydrogens is 256 g/mol. The van der Waals surface area contributed by atoms with Gasteiger partial charge in [-0.1, -0.05) is 13.8 Å². The lowest BCUT2D eigenvalue weighted by Crippen LogP contribution is -2.46. The summed E-state index contributed by atoms with van der Waals surface area (Å²) in [5, 5.41) is 2.00. The third kappa shape index (κ3) is 2.92. The van der Waals surface area contributed by atoms with Crippen LogP contribution in [-0.4, -0.2) is 18.0 Å². The molecule has 1 saturated carbocycles. The molecule has 0 unspecified atom stereocenters. The Morgan fingerprint density at radius 3 is 2.42 bits per heavy atom. The third-order valence-electron chi connectivity index (χ3n) is 4.35. The summed E-state index contributed by atoms with van der Waals surface area (Å²) in [7, 11) is 0. The first kappa shape index (κ1) is 14.7. The van der Waals surface area contributed by atoms with Crippen molar-refractivity contribution in [1.29, 1.82) is 0 Å². The topological polar surface area (TPSA) is 26.3 Å². The van der Waals surface area contributed by atoms with Gasteiger partial charge in [0.25, 0.3) is 0 Å². The monoisotopic (exact) mass is 280 g/mol. The van der Waals surface area contributed by atoms with Crippen molar-refractivity contribution in [2.24, 2.45) is 5.41 Å². The fourth-order valence-electron chi connectivity index (χ4n) is 2.91. The van der Waals surface area contributed by atoms with Gasteiger partial charge in [-0.2, -0.15) is 0 Å². The number of hydrogen-bond acceptors (Lipinski definition) is 3. The molecule has 1 aliphatic rings. The molecule has 0 atom stereocenters. The van der Waals surface area contributed by atoms with Gasteiger partial charge in [0.1, 0.15) is 5.60 Å². The van der Waals surface area contributed by atoms with Crippen LogP contribution < -0.4 is 0 Å². The molecule has 0 aliphatic heterocycles. The molecule has 0 spiro atoms. The minimum absolute atomic E-state index is 0.198. The van der Waals surface area contributed by atoms with Crippen molar-refractivity contribution in [1.82, 2.24) is 0 Å². The highest BCUT2D eigenvalue weighted by Gasteiger charge is 2.45. The molecule has 0 saturated heterocycles. The summed E-state index contributed by atoms with van der Waals surface area (Å²) in [6.45, 7) is 9.17. The minimum Gasteiger partial charge on any atom is -0.367 e. The maximum Gasteiger partial charge on any atom is 0.195 e. The maximum atomic E-state index is 12.9. The van der Waals surface area contributed by atoms with Gasteiger partial charge < -0.3 is 4.74 Å². The first-order valence-corrected chi connectivity index (χ1v) is 8.01. The molecule has 1 aliphatic carbocycles. The van der Waals surface area contributed by atoms with E-state index in [0.29, 0.717) is 12.0 Å². The summed E-state index contributed by atoms with van der Waals surface area (Å²) in [6.07, 6.45) is 3.81. The van der Waals surface area contributed by atoms with E-state index < -0.39 is 5.60 Å². The molecule has 1 aromatic rings. The Morgan fingerprint density at radius 1 is 1.32 bits per heavy atom. The number of rotatable bonds is 4. The zero-order chi connectivity index (χ0) is 14.1. The van der Waals surface area contributed by atoms with Gasteiger partial charge in [-0.05, 0) is 56.4 Å². The minimum atomic E-state index is -0.573. The number of carbonyl (C=O) groups is 1. The second-order valence-electron chi connectivity index (χ2n) is 6.31. The zero-order valence-electron chi connectivity index (χ0n) is 12.4. The van der Waals surface area contributed by atoms with Crippen molar-refractivity contribution in [3.63, 3.8) is 0 Å². The smallest absolute Gasteiger partial charge is 0.195 e. The number of hydrogen-bond donors (Lipinski definition) is 0. The lowest BCUT2D eigenvalue weighted by Gasteiger charge is -2.42. The van der Waals surface area contributed by atoms with Crippen molar-refractivity contribution in [3.8, 4) is 0 Å². The molecule has 0 N–H and O–H groups in total. The Kier molecular flexibility index (Phi) is 4.17. The van der Waals surface area contributed by atoms with Crippen molar-refractivity contribution >= 4 is 17.1 Å². The van der Waals surface area contributed by atoms with Crippen LogP contribution in [0.15, 0.2) is 11.4 Å². The van der Waals surface area contributed by atoms with Crippen LogP contribution in [0.3, 0.4) is 0 Å². The van der Waals surface area contributed by atoms with Crippen LogP contribution in [0.4, 0.5) is 0 Å². The van der Waals surface area contributed by atoms with E-state index in [1.807, 2.05) is 25.3 Å². The van der Waals surface area contributed by atoms with Gasteiger partial charge in [0.15, 0.2) is 5.78 Å². The molecule has 2 nitrogen and oxygen atoms in total. The summed E-state index contributed by atoms with van der Waals surface area (Å²) < 4.78 is 5.96. The van der Waals surface area contributed by atoms with Crippen LogP contribution in [0.25, 0.3) is 0 Å². The van der Waals surface area contributed by atoms with E-state index in [4.69, 9.17) is 4.74 Å². The molecule has 0 bridgehead atoms. The normalized spacial score (nSPS) is 21.3. The summed E-state index contributed by atoms with van der Waals surface area (Å²) in [5.74, 6) is 0.198.